The Morgan fingerprint density at radius 2 is 1.70 bits per heavy atom. The van der Waals surface area contributed by atoms with Gasteiger partial charge in [0.1, 0.15) is 30.2 Å². The van der Waals surface area contributed by atoms with Crippen molar-refractivity contribution >= 4 is 17.4 Å². The molecular weight excluding hydrogens is 641 g/mol. The molecule has 5 aliphatic rings. The van der Waals surface area contributed by atoms with E-state index >= 15 is 0 Å². The highest BCUT2D eigenvalue weighted by Gasteiger charge is 2.56. The van der Waals surface area contributed by atoms with Crippen molar-refractivity contribution in [3.63, 3.8) is 0 Å². The summed E-state index contributed by atoms with van der Waals surface area (Å²) in [5.74, 6) is -0.170. The van der Waals surface area contributed by atoms with Crippen LogP contribution >= 0.6 is 0 Å². The van der Waals surface area contributed by atoms with E-state index in [4.69, 9.17) is 28.4 Å². The highest BCUT2D eigenvalue weighted by molar-refractivity contribution is 5.98. The van der Waals surface area contributed by atoms with E-state index in [1.54, 1.807) is 34.3 Å². The Balaban J connectivity index is 1.31. The number of anilines is 1. The number of Topliss-reactive ketones (excluding diaryl/α,β-unsaturated/α-hetero) is 1. The van der Waals surface area contributed by atoms with Gasteiger partial charge in [0, 0.05) is 50.5 Å². The molecule has 1 N–H and O–H groups in total. The molecule has 6 rings (SSSR count). The van der Waals surface area contributed by atoms with E-state index in [2.05, 4.69) is 18.3 Å². The van der Waals surface area contributed by atoms with Gasteiger partial charge in [-0.2, -0.15) is 0 Å². The Labute approximate surface area is 297 Å². The zero-order chi connectivity index (χ0) is 35.7. The van der Waals surface area contributed by atoms with Gasteiger partial charge in [-0.15, -0.1) is 0 Å². The second kappa shape index (κ2) is 16.1. The van der Waals surface area contributed by atoms with Crippen molar-refractivity contribution in [3.05, 3.63) is 41.2 Å². The number of hydrogen-bond acceptors (Lipinski definition) is 9. The van der Waals surface area contributed by atoms with Gasteiger partial charge in [0.15, 0.2) is 12.1 Å². The summed E-state index contributed by atoms with van der Waals surface area (Å²) in [5, 5.41) is 3.74. The van der Waals surface area contributed by atoms with Crippen LogP contribution in [0.25, 0.3) is 0 Å². The van der Waals surface area contributed by atoms with Gasteiger partial charge in [-0.05, 0) is 100 Å². The molecular formula is C40H58FNO8. The van der Waals surface area contributed by atoms with Gasteiger partial charge in [0.2, 0.25) is 0 Å². The lowest BCUT2D eigenvalue weighted by atomic mass is 9.63. The standard InChI is InChI=1S/C40H58FNO8/c1-8-25-13-10-9-12-21(2)36(44)30-19-28-27-18-26(50-40-39(47-7)38(46-6)37(45-5)23(4)48-40)16-24(27)17-33(35(28)29(30)20-34(43)49-25)42-32-15-11-14-31(41)22(32)3/h11,14-15,19,21,23-29,33,35,37-40,42H,8-10,12-13,16-18,20H2,1-7H3/t21-,23?,24+,25+,26-,27-,28+,29-,33+,35-,37+,38?,39?,40+/m1/s1. The number of hydrogen-bond donors (Lipinski definition) is 1. The second-order valence-corrected chi connectivity index (χ2v) is 15.5. The minimum absolute atomic E-state index is 0.0302. The van der Waals surface area contributed by atoms with Crippen LogP contribution in [0.2, 0.25) is 0 Å². The van der Waals surface area contributed by atoms with Crippen molar-refractivity contribution in [1.29, 1.82) is 0 Å². The van der Waals surface area contributed by atoms with E-state index in [1.165, 1.54) is 6.07 Å². The largest absolute Gasteiger partial charge is 0.462 e. The molecule has 1 aromatic rings. The minimum Gasteiger partial charge on any atom is -0.462 e. The van der Waals surface area contributed by atoms with Crippen LogP contribution < -0.4 is 5.32 Å². The predicted octanol–water partition coefficient (Wildman–Crippen LogP) is 6.80. The van der Waals surface area contributed by atoms with E-state index in [1.807, 2.05) is 19.9 Å². The number of rotatable bonds is 8. The van der Waals surface area contributed by atoms with E-state index in [0.717, 1.165) is 62.6 Å². The van der Waals surface area contributed by atoms with Crippen LogP contribution in [0.5, 0.6) is 0 Å². The summed E-state index contributed by atoms with van der Waals surface area (Å²) in [4.78, 5) is 27.9. The lowest BCUT2D eigenvalue weighted by Gasteiger charge is -2.45. The number of halogens is 1. The molecule has 9 nitrogen and oxygen atoms in total. The molecule has 3 unspecified atom stereocenters. The maximum absolute atomic E-state index is 14.8. The van der Waals surface area contributed by atoms with Crippen LogP contribution in [0, 0.1) is 48.2 Å². The van der Waals surface area contributed by atoms with E-state index < -0.39 is 12.4 Å². The minimum atomic E-state index is -0.628. The average Bonchev–Trinajstić information content (AvgIpc) is 3.68. The van der Waals surface area contributed by atoms with Crippen LogP contribution in [-0.2, 0) is 38.0 Å². The SMILES string of the molecule is CC[C@H]1CCCC[C@@H](C)C(=O)C2=C[C@H]3[C@@H]4C[C@H](O[C@@H]5OC(C)[C@H](OC)C(OC)C5OC)C[C@H]4C[C@H](Nc4cccc(F)c4C)[C@H]3[C@@H]2CC(=O)O1. The van der Waals surface area contributed by atoms with Crippen LogP contribution in [0.15, 0.2) is 29.8 Å². The van der Waals surface area contributed by atoms with Crippen LogP contribution in [0.3, 0.4) is 0 Å². The van der Waals surface area contributed by atoms with E-state index in [0.29, 0.717) is 11.5 Å². The van der Waals surface area contributed by atoms with Gasteiger partial charge in [-0.25, -0.2) is 4.39 Å². The predicted molar refractivity (Wildman–Crippen MR) is 187 cm³/mol. The first-order valence-corrected chi connectivity index (χ1v) is 18.9. The molecule has 0 aromatic heterocycles. The highest BCUT2D eigenvalue weighted by Crippen LogP contribution is 2.57. The molecule has 50 heavy (non-hydrogen) atoms. The van der Waals surface area contributed by atoms with Crippen LogP contribution in [-0.4, -0.2) is 82.0 Å². The van der Waals surface area contributed by atoms with Gasteiger partial charge in [0.05, 0.1) is 18.6 Å². The maximum Gasteiger partial charge on any atom is 0.306 e. The molecule has 278 valence electrons. The molecule has 1 aromatic carbocycles. The lowest BCUT2D eigenvalue weighted by molar-refractivity contribution is -0.314. The second-order valence-electron chi connectivity index (χ2n) is 15.5. The third kappa shape index (κ3) is 7.43. The molecule has 3 aliphatic carbocycles. The number of nitrogens with one attached hydrogen (secondary N) is 1. The van der Waals surface area contributed by atoms with Gasteiger partial charge >= 0.3 is 5.97 Å². The fourth-order valence-corrected chi connectivity index (χ4v) is 10.1. The summed E-state index contributed by atoms with van der Waals surface area (Å²) in [5.41, 5.74) is 2.09. The smallest absolute Gasteiger partial charge is 0.306 e. The normalized spacial score (nSPS) is 40.8. The quantitative estimate of drug-likeness (QED) is 0.294. The number of fused-ring (bicyclic) bond motifs is 5. The van der Waals surface area contributed by atoms with Gasteiger partial charge in [0.25, 0.3) is 0 Å². The lowest BCUT2D eigenvalue weighted by Crippen LogP contribution is -2.59. The van der Waals surface area contributed by atoms with Crippen molar-refractivity contribution in [2.24, 2.45) is 35.5 Å². The monoisotopic (exact) mass is 699 g/mol. The number of allylic oxidation sites excluding steroid dienone is 2. The van der Waals surface area contributed by atoms with Crippen molar-refractivity contribution in [1.82, 2.24) is 0 Å². The van der Waals surface area contributed by atoms with Crippen LogP contribution in [0.4, 0.5) is 10.1 Å². The Kier molecular flexibility index (Phi) is 12.0. The van der Waals surface area contributed by atoms with Crippen molar-refractivity contribution in [2.45, 2.75) is 134 Å². The van der Waals surface area contributed by atoms with Crippen molar-refractivity contribution in [3.8, 4) is 0 Å². The first-order chi connectivity index (χ1) is 24.1. The molecule has 0 spiro atoms. The summed E-state index contributed by atoms with van der Waals surface area (Å²) in [6, 6.07) is 5.05. The fourth-order valence-electron chi connectivity index (χ4n) is 10.1. The third-order valence-corrected chi connectivity index (χ3v) is 12.7. The highest BCUT2D eigenvalue weighted by atomic mass is 19.1. The van der Waals surface area contributed by atoms with E-state index in [-0.39, 0.29) is 90.1 Å². The molecule has 14 atom stereocenters. The summed E-state index contributed by atoms with van der Waals surface area (Å²) in [6.07, 6.45) is 6.91. The van der Waals surface area contributed by atoms with Gasteiger partial charge in [-0.3, -0.25) is 9.59 Å². The molecule has 2 saturated heterocycles. The summed E-state index contributed by atoms with van der Waals surface area (Å²) in [7, 11) is 4.94. The third-order valence-electron chi connectivity index (χ3n) is 12.7. The Morgan fingerprint density at radius 1 is 0.960 bits per heavy atom. The summed E-state index contributed by atoms with van der Waals surface area (Å²) >= 11 is 0. The number of ether oxygens (including phenoxy) is 6. The number of cyclic esters (lactones) is 1. The molecule has 4 fully saturated rings. The number of carbonyl (C=O) groups excluding carboxylic acids is 2. The fraction of sp³-hybridized carbons (Fsp3) is 0.750. The molecule has 10 heteroatoms. The zero-order valence-corrected chi connectivity index (χ0v) is 30.9. The Bertz CT molecular complexity index is 1390. The Morgan fingerprint density at radius 3 is 2.42 bits per heavy atom. The summed E-state index contributed by atoms with van der Waals surface area (Å²) < 4.78 is 51.4. The Hall–Kier alpha value is -2.37. The van der Waals surface area contributed by atoms with E-state index in [9.17, 15) is 14.0 Å². The molecule has 0 amide bonds. The van der Waals surface area contributed by atoms with Crippen molar-refractivity contribution in [2.75, 3.05) is 26.6 Å². The molecule has 0 bridgehead atoms. The molecule has 2 saturated carbocycles. The maximum atomic E-state index is 14.8. The number of methoxy groups -OCH3 is 3. The number of carbonyl (C=O) groups is 2. The van der Waals surface area contributed by atoms with Crippen molar-refractivity contribution < 1.29 is 42.4 Å². The first-order valence-electron chi connectivity index (χ1n) is 18.9. The van der Waals surface area contributed by atoms with Gasteiger partial charge in [-0.1, -0.05) is 32.4 Å². The summed E-state index contributed by atoms with van der Waals surface area (Å²) in [6.45, 7) is 7.86. The number of esters is 1. The first kappa shape index (κ1) is 37.4. The zero-order valence-electron chi connectivity index (χ0n) is 30.9. The number of benzene rings is 1. The van der Waals surface area contributed by atoms with Crippen LogP contribution in [0.1, 0.15) is 84.1 Å². The topological polar surface area (TPSA) is 102 Å². The molecule has 0 radical (unpaired) electrons. The molecule has 2 aliphatic heterocycles. The number of ketones is 1. The average molecular weight is 700 g/mol. The van der Waals surface area contributed by atoms with Gasteiger partial charge < -0.3 is 33.7 Å². The molecule has 2 heterocycles.